The lowest BCUT2D eigenvalue weighted by Crippen LogP contribution is -2.35. The van der Waals surface area contributed by atoms with Crippen molar-refractivity contribution in [3.8, 4) is 0 Å². The summed E-state index contributed by atoms with van der Waals surface area (Å²) in [5, 5.41) is 18.3. The predicted octanol–water partition coefficient (Wildman–Crippen LogP) is 0.696. The lowest BCUT2D eigenvalue weighted by atomic mass is 10.1. The van der Waals surface area contributed by atoms with E-state index in [0.717, 1.165) is 13.0 Å². The summed E-state index contributed by atoms with van der Waals surface area (Å²) in [7, 11) is 0. The van der Waals surface area contributed by atoms with Gasteiger partial charge in [0.2, 0.25) is 0 Å². The van der Waals surface area contributed by atoms with Crippen molar-refractivity contribution in [2.24, 2.45) is 0 Å². The Balaban J connectivity index is 2.32. The maximum absolute atomic E-state index is 10.4. The first-order valence-corrected chi connectivity index (χ1v) is 5.09. The van der Waals surface area contributed by atoms with Gasteiger partial charge < -0.3 is 10.2 Å². The van der Waals surface area contributed by atoms with Crippen molar-refractivity contribution in [2.45, 2.75) is 44.8 Å². The van der Waals surface area contributed by atoms with E-state index in [1.807, 2.05) is 13.8 Å². The van der Waals surface area contributed by atoms with Gasteiger partial charge in [-0.2, -0.15) is 0 Å². The summed E-state index contributed by atoms with van der Waals surface area (Å²) in [4.78, 5) is 12.5. The van der Waals surface area contributed by atoms with Crippen LogP contribution in [-0.4, -0.2) is 45.8 Å². The largest absolute Gasteiger partial charge is 0.481 e. The first kappa shape index (κ1) is 11.5. The fraction of sp³-hybridized carbons (Fsp3) is 0.900. The highest BCUT2D eigenvalue weighted by Gasteiger charge is 2.33. The molecule has 0 aromatic carbocycles. The van der Waals surface area contributed by atoms with Gasteiger partial charge in [-0.3, -0.25) is 9.69 Å². The third-order valence-corrected chi connectivity index (χ3v) is 2.88. The van der Waals surface area contributed by atoms with Crippen LogP contribution in [0.4, 0.5) is 0 Å². The highest BCUT2D eigenvalue weighted by atomic mass is 16.4. The van der Waals surface area contributed by atoms with Gasteiger partial charge in [0.25, 0.3) is 0 Å². The number of rotatable bonds is 4. The van der Waals surface area contributed by atoms with Crippen LogP contribution in [0, 0.1) is 0 Å². The van der Waals surface area contributed by atoms with Crippen molar-refractivity contribution in [1.82, 2.24) is 4.90 Å². The number of hydrogen-bond acceptors (Lipinski definition) is 3. The Labute approximate surface area is 84.5 Å². The maximum Gasteiger partial charge on any atom is 0.303 e. The summed E-state index contributed by atoms with van der Waals surface area (Å²) < 4.78 is 0. The summed E-state index contributed by atoms with van der Waals surface area (Å²) in [5.74, 6) is -0.747. The van der Waals surface area contributed by atoms with Gasteiger partial charge in [-0.25, -0.2) is 0 Å². The van der Waals surface area contributed by atoms with Gasteiger partial charge in [0, 0.05) is 25.6 Å². The summed E-state index contributed by atoms with van der Waals surface area (Å²) >= 11 is 0. The molecule has 0 saturated carbocycles. The second-order valence-electron chi connectivity index (χ2n) is 4.50. The lowest BCUT2D eigenvalue weighted by Gasteiger charge is -2.24. The fourth-order valence-corrected chi connectivity index (χ4v) is 1.87. The number of carboxylic acids is 1. The Morgan fingerprint density at radius 2 is 2.29 bits per heavy atom. The number of likely N-dealkylation sites (tertiary alicyclic amines) is 1. The van der Waals surface area contributed by atoms with Crippen LogP contribution in [0.1, 0.15) is 33.1 Å². The van der Waals surface area contributed by atoms with Crippen molar-refractivity contribution in [3.63, 3.8) is 0 Å². The zero-order chi connectivity index (χ0) is 10.8. The highest BCUT2D eigenvalue weighted by molar-refractivity contribution is 5.66. The van der Waals surface area contributed by atoms with Gasteiger partial charge >= 0.3 is 5.97 Å². The molecule has 2 N–H and O–H groups in total. The van der Waals surface area contributed by atoms with Crippen LogP contribution in [0.3, 0.4) is 0 Å². The van der Waals surface area contributed by atoms with Gasteiger partial charge in [0.1, 0.15) is 0 Å². The molecule has 1 aliphatic heterocycles. The van der Waals surface area contributed by atoms with Gasteiger partial charge in [-0.1, -0.05) is 0 Å². The van der Waals surface area contributed by atoms with E-state index in [1.54, 1.807) is 0 Å². The number of nitrogens with zero attached hydrogens (tertiary/aromatic N) is 1. The number of carbonyl (C=O) groups is 1. The van der Waals surface area contributed by atoms with Crippen molar-refractivity contribution < 1.29 is 15.0 Å². The molecule has 0 aliphatic carbocycles. The van der Waals surface area contributed by atoms with Gasteiger partial charge in [-0.05, 0) is 26.7 Å². The Bertz CT molecular complexity index is 215. The van der Waals surface area contributed by atoms with Crippen molar-refractivity contribution in [2.75, 3.05) is 13.1 Å². The second kappa shape index (κ2) is 4.28. The summed E-state index contributed by atoms with van der Waals surface area (Å²) in [5.41, 5.74) is -0.586. The standard InChI is InChI=1S/C10H19NO3/c1-8(3-4-9(12)13)11-6-5-10(2,14)7-11/h8,14H,3-7H2,1-2H3,(H,12,13). The molecule has 1 fully saturated rings. The molecule has 1 aliphatic rings. The molecule has 0 radical (unpaired) electrons. The first-order valence-electron chi connectivity index (χ1n) is 5.09. The van der Waals surface area contributed by atoms with E-state index in [0.29, 0.717) is 13.0 Å². The summed E-state index contributed by atoms with van der Waals surface area (Å²) in [6, 6.07) is 0.250. The highest BCUT2D eigenvalue weighted by Crippen LogP contribution is 2.23. The van der Waals surface area contributed by atoms with E-state index in [1.165, 1.54) is 0 Å². The molecule has 0 spiro atoms. The van der Waals surface area contributed by atoms with E-state index in [9.17, 15) is 9.90 Å². The second-order valence-corrected chi connectivity index (χ2v) is 4.50. The van der Waals surface area contributed by atoms with E-state index >= 15 is 0 Å². The predicted molar refractivity (Wildman–Crippen MR) is 53.1 cm³/mol. The van der Waals surface area contributed by atoms with E-state index in [2.05, 4.69) is 4.90 Å². The zero-order valence-electron chi connectivity index (χ0n) is 8.86. The summed E-state index contributed by atoms with van der Waals surface area (Å²) in [6.07, 6.45) is 1.65. The average molecular weight is 201 g/mol. The molecule has 0 aromatic heterocycles. The first-order chi connectivity index (χ1) is 6.41. The molecule has 0 amide bonds. The van der Waals surface area contributed by atoms with Crippen LogP contribution in [-0.2, 0) is 4.79 Å². The van der Waals surface area contributed by atoms with E-state index in [-0.39, 0.29) is 12.5 Å². The van der Waals surface area contributed by atoms with Crippen LogP contribution in [0.15, 0.2) is 0 Å². The monoisotopic (exact) mass is 201 g/mol. The van der Waals surface area contributed by atoms with E-state index in [4.69, 9.17) is 5.11 Å². The zero-order valence-corrected chi connectivity index (χ0v) is 8.86. The molecule has 14 heavy (non-hydrogen) atoms. The minimum atomic E-state index is -0.747. The fourth-order valence-electron chi connectivity index (χ4n) is 1.87. The normalized spacial score (nSPS) is 30.5. The van der Waals surface area contributed by atoms with Gasteiger partial charge in [0.05, 0.1) is 5.60 Å². The molecule has 1 saturated heterocycles. The Morgan fingerprint density at radius 1 is 1.64 bits per heavy atom. The molecule has 4 heteroatoms. The SMILES string of the molecule is CC(CCC(=O)O)N1CCC(C)(O)C1. The molecule has 0 bridgehead atoms. The van der Waals surface area contributed by atoms with Crippen molar-refractivity contribution in [1.29, 1.82) is 0 Å². The molecule has 4 nitrogen and oxygen atoms in total. The topological polar surface area (TPSA) is 60.8 Å². The molecule has 82 valence electrons. The number of hydrogen-bond donors (Lipinski definition) is 2. The smallest absolute Gasteiger partial charge is 0.303 e. The Hall–Kier alpha value is -0.610. The van der Waals surface area contributed by atoms with Crippen LogP contribution in [0.5, 0.6) is 0 Å². The molecular weight excluding hydrogens is 182 g/mol. The molecule has 1 rings (SSSR count). The Kier molecular flexibility index (Phi) is 3.50. The number of aliphatic hydroxyl groups is 1. The van der Waals surface area contributed by atoms with Crippen LogP contribution >= 0.6 is 0 Å². The van der Waals surface area contributed by atoms with Crippen molar-refractivity contribution in [3.05, 3.63) is 0 Å². The van der Waals surface area contributed by atoms with Gasteiger partial charge in [0.15, 0.2) is 0 Å². The minimum Gasteiger partial charge on any atom is -0.481 e. The lowest BCUT2D eigenvalue weighted by molar-refractivity contribution is -0.137. The number of aliphatic carboxylic acids is 1. The molecule has 2 atom stereocenters. The molecular formula is C10H19NO3. The number of β-amino-alcohol motifs (C(OH)–C–C–N with tert-alkyl or cyclic N) is 1. The minimum absolute atomic E-state index is 0.208. The van der Waals surface area contributed by atoms with Gasteiger partial charge in [-0.15, -0.1) is 0 Å². The van der Waals surface area contributed by atoms with Crippen molar-refractivity contribution >= 4 is 5.97 Å². The molecule has 1 heterocycles. The summed E-state index contributed by atoms with van der Waals surface area (Å²) in [6.45, 7) is 5.38. The third kappa shape index (κ3) is 3.27. The average Bonchev–Trinajstić information content (AvgIpc) is 2.41. The van der Waals surface area contributed by atoms with Crippen LogP contribution < -0.4 is 0 Å². The number of carboxylic acid groups (broad SMARTS) is 1. The van der Waals surface area contributed by atoms with Crippen LogP contribution in [0.25, 0.3) is 0 Å². The maximum atomic E-state index is 10.4. The molecule has 2 unspecified atom stereocenters. The van der Waals surface area contributed by atoms with Crippen LogP contribution in [0.2, 0.25) is 0 Å². The Morgan fingerprint density at radius 3 is 2.71 bits per heavy atom. The van der Waals surface area contributed by atoms with E-state index < -0.39 is 11.6 Å². The quantitative estimate of drug-likeness (QED) is 0.702. The molecule has 0 aromatic rings. The third-order valence-electron chi connectivity index (χ3n) is 2.88.